The van der Waals surface area contributed by atoms with Gasteiger partial charge in [-0.05, 0) is 6.92 Å². The first-order valence-electron chi connectivity index (χ1n) is 3.58. The molecule has 0 radical (unpaired) electrons. The number of carbonyl (C=O) groups excluding carboxylic acids is 1. The van der Waals surface area contributed by atoms with E-state index in [1.54, 1.807) is 6.92 Å². The Balaban J connectivity index is 2.36. The highest BCUT2D eigenvalue weighted by molar-refractivity contribution is 5.82. The molecule has 62 valence electrons. The Morgan fingerprint density at radius 1 is 1.91 bits per heavy atom. The van der Waals surface area contributed by atoms with Crippen molar-refractivity contribution in [1.29, 1.82) is 0 Å². The molecule has 1 heterocycles. The molecule has 0 aromatic rings. The smallest absolute Gasteiger partial charge is 0.336 e. The average Bonchev–Trinajstić information content (AvgIpc) is 2.40. The predicted octanol–water partition coefficient (Wildman–Crippen LogP) is 0.0107. The van der Waals surface area contributed by atoms with Gasteiger partial charge >= 0.3 is 5.97 Å². The van der Waals surface area contributed by atoms with Gasteiger partial charge in [-0.1, -0.05) is 0 Å². The second kappa shape index (κ2) is 3.85. The Labute approximate surface area is 65.2 Å². The number of rotatable bonds is 2. The SMILES string of the molecule is CCOC(=O)C=C1NCCO1. The molecule has 4 heteroatoms. The summed E-state index contributed by atoms with van der Waals surface area (Å²) in [5.74, 6) is 0.139. The van der Waals surface area contributed by atoms with Crippen molar-refractivity contribution < 1.29 is 14.3 Å². The summed E-state index contributed by atoms with van der Waals surface area (Å²) in [4.78, 5) is 10.8. The molecule has 0 aromatic carbocycles. The molecule has 1 saturated heterocycles. The fourth-order valence-electron chi connectivity index (χ4n) is 0.770. The molecule has 1 aliphatic rings. The zero-order valence-corrected chi connectivity index (χ0v) is 6.42. The van der Waals surface area contributed by atoms with Crippen LogP contribution in [0.5, 0.6) is 0 Å². The molecule has 4 nitrogen and oxygen atoms in total. The van der Waals surface area contributed by atoms with Crippen molar-refractivity contribution in [1.82, 2.24) is 5.32 Å². The van der Waals surface area contributed by atoms with Gasteiger partial charge in [-0.15, -0.1) is 0 Å². The van der Waals surface area contributed by atoms with Crippen LogP contribution in [0.1, 0.15) is 6.92 Å². The van der Waals surface area contributed by atoms with Crippen LogP contribution < -0.4 is 5.32 Å². The van der Waals surface area contributed by atoms with Gasteiger partial charge in [-0.25, -0.2) is 4.79 Å². The van der Waals surface area contributed by atoms with Crippen LogP contribution >= 0.6 is 0 Å². The van der Waals surface area contributed by atoms with Gasteiger partial charge in [-0.2, -0.15) is 0 Å². The van der Waals surface area contributed by atoms with E-state index < -0.39 is 0 Å². The summed E-state index contributed by atoms with van der Waals surface area (Å²) in [6.07, 6.45) is 1.32. The number of ether oxygens (including phenoxy) is 2. The first-order valence-corrected chi connectivity index (χ1v) is 3.58. The van der Waals surface area contributed by atoms with Crippen LogP contribution in [-0.4, -0.2) is 25.7 Å². The molecule has 0 aliphatic carbocycles. The van der Waals surface area contributed by atoms with Crippen molar-refractivity contribution in [2.45, 2.75) is 6.92 Å². The summed E-state index contributed by atoms with van der Waals surface area (Å²) < 4.78 is 9.69. The summed E-state index contributed by atoms with van der Waals surface area (Å²) in [7, 11) is 0. The third-order valence-electron chi connectivity index (χ3n) is 1.19. The Morgan fingerprint density at radius 3 is 3.27 bits per heavy atom. The Morgan fingerprint density at radius 2 is 2.73 bits per heavy atom. The van der Waals surface area contributed by atoms with Gasteiger partial charge in [0.1, 0.15) is 6.61 Å². The first-order chi connectivity index (χ1) is 5.33. The third-order valence-corrected chi connectivity index (χ3v) is 1.19. The van der Waals surface area contributed by atoms with Crippen molar-refractivity contribution in [3.63, 3.8) is 0 Å². The molecule has 1 N–H and O–H groups in total. The van der Waals surface area contributed by atoms with Crippen molar-refractivity contribution >= 4 is 5.97 Å². The normalized spacial score (nSPS) is 19.2. The van der Waals surface area contributed by atoms with Gasteiger partial charge in [0.15, 0.2) is 5.88 Å². The largest absolute Gasteiger partial charge is 0.477 e. The molecule has 0 aromatic heterocycles. The summed E-state index contributed by atoms with van der Waals surface area (Å²) in [6.45, 7) is 3.53. The van der Waals surface area contributed by atoms with Gasteiger partial charge < -0.3 is 14.8 Å². The van der Waals surface area contributed by atoms with Gasteiger partial charge in [0.2, 0.25) is 0 Å². The summed E-state index contributed by atoms with van der Waals surface area (Å²) >= 11 is 0. The van der Waals surface area contributed by atoms with Crippen LogP contribution in [0.2, 0.25) is 0 Å². The summed E-state index contributed by atoms with van der Waals surface area (Å²) in [5.41, 5.74) is 0. The Bertz CT molecular complexity index is 169. The summed E-state index contributed by atoms with van der Waals surface area (Å²) in [6, 6.07) is 0. The minimum atomic E-state index is -0.364. The fraction of sp³-hybridized carbons (Fsp3) is 0.571. The van der Waals surface area contributed by atoms with E-state index in [0.717, 1.165) is 6.54 Å². The number of hydrogen-bond donors (Lipinski definition) is 1. The number of esters is 1. The minimum absolute atomic E-state index is 0.364. The maximum absolute atomic E-state index is 10.8. The molecular formula is C7H11NO3. The zero-order chi connectivity index (χ0) is 8.10. The number of carbonyl (C=O) groups is 1. The Kier molecular flexibility index (Phi) is 2.77. The van der Waals surface area contributed by atoms with Crippen molar-refractivity contribution in [2.24, 2.45) is 0 Å². The number of hydrogen-bond acceptors (Lipinski definition) is 4. The quantitative estimate of drug-likeness (QED) is 0.453. The van der Waals surface area contributed by atoms with E-state index in [1.807, 2.05) is 0 Å². The van der Waals surface area contributed by atoms with E-state index in [1.165, 1.54) is 6.08 Å². The van der Waals surface area contributed by atoms with Crippen LogP contribution in [0.3, 0.4) is 0 Å². The molecule has 0 atom stereocenters. The van der Waals surface area contributed by atoms with E-state index in [-0.39, 0.29) is 5.97 Å². The predicted molar refractivity (Wildman–Crippen MR) is 38.7 cm³/mol. The monoisotopic (exact) mass is 157 g/mol. The molecule has 0 amide bonds. The lowest BCUT2D eigenvalue weighted by Gasteiger charge is -1.98. The highest BCUT2D eigenvalue weighted by Gasteiger charge is 2.08. The molecule has 1 aliphatic heterocycles. The van der Waals surface area contributed by atoms with Crippen molar-refractivity contribution in [3.8, 4) is 0 Å². The lowest BCUT2D eigenvalue weighted by Crippen LogP contribution is -2.08. The second-order valence-electron chi connectivity index (χ2n) is 2.04. The lowest BCUT2D eigenvalue weighted by atomic mass is 10.6. The molecule has 0 saturated carbocycles. The highest BCUT2D eigenvalue weighted by atomic mass is 16.5. The fourth-order valence-corrected chi connectivity index (χ4v) is 0.770. The lowest BCUT2D eigenvalue weighted by molar-refractivity contribution is -0.137. The topological polar surface area (TPSA) is 47.6 Å². The van der Waals surface area contributed by atoms with Crippen LogP contribution in [-0.2, 0) is 14.3 Å². The second-order valence-corrected chi connectivity index (χ2v) is 2.04. The van der Waals surface area contributed by atoms with E-state index in [9.17, 15) is 4.79 Å². The maximum Gasteiger partial charge on any atom is 0.336 e. The van der Waals surface area contributed by atoms with Gasteiger partial charge in [-0.3, -0.25) is 0 Å². The van der Waals surface area contributed by atoms with E-state index >= 15 is 0 Å². The molecule has 1 rings (SSSR count). The van der Waals surface area contributed by atoms with E-state index in [4.69, 9.17) is 4.74 Å². The third kappa shape index (κ3) is 2.49. The number of nitrogens with one attached hydrogen (secondary N) is 1. The standard InChI is InChI=1S/C7H11NO3/c1-2-10-7(9)5-6-8-3-4-11-6/h5,8H,2-4H2,1H3. The zero-order valence-electron chi connectivity index (χ0n) is 6.42. The maximum atomic E-state index is 10.8. The van der Waals surface area contributed by atoms with Crippen molar-refractivity contribution in [3.05, 3.63) is 12.0 Å². The van der Waals surface area contributed by atoms with Gasteiger partial charge in [0.25, 0.3) is 0 Å². The van der Waals surface area contributed by atoms with Gasteiger partial charge in [0.05, 0.1) is 19.2 Å². The van der Waals surface area contributed by atoms with Crippen molar-refractivity contribution in [2.75, 3.05) is 19.8 Å². The van der Waals surface area contributed by atoms with Crippen LogP contribution in [0.4, 0.5) is 0 Å². The van der Waals surface area contributed by atoms with Crippen LogP contribution in [0.25, 0.3) is 0 Å². The molecule has 0 spiro atoms. The Hall–Kier alpha value is -1.19. The molecule has 11 heavy (non-hydrogen) atoms. The van der Waals surface area contributed by atoms with Crippen LogP contribution in [0.15, 0.2) is 12.0 Å². The van der Waals surface area contributed by atoms with E-state index in [0.29, 0.717) is 19.1 Å². The average molecular weight is 157 g/mol. The molecule has 0 unspecified atom stereocenters. The van der Waals surface area contributed by atoms with E-state index in [2.05, 4.69) is 10.1 Å². The van der Waals surface area contributed by atoms with Gasteiger partial charge in [0, 0.05) is 0 Å². The van der Waals surface area contributed by atoms with Crippen LogP contribution in [0, 0.1) is 0 Å². The minimum Gasteiger partial charge on any atom is -0.477 e. The molecule has 0 bridgehead atoms. The summed E-state index contributed by atoms with van der Waals surface area (Å²) in [5, 5.41) is 2.88. The first kappa shape index (κ1) is 7.91. The molecule has 1 fully saturated rings. The molecular weight excluding hydrogens is 146 g/mol. The highest BCUT2D eigenvalue weighted by Crippen LogP contribution is 1.99.